The standard InChI is InChI=1S/C14H23N5O/c1-6-7-10-16-13(18-20-10)11(15)9-8-19(5)17-12(9)14(2,3)4/h8,11H,6-7,15H2,1-5H3. The van der Waals surface area contributed by atoms with Crippen molar-refractivity contribution in [2.45, 2.75) is 52.0 Å². The summed E-state index contributed by atoms with van der Waals surface area (Å²) < 4.78 is 6.99. The van der Waals surface area contributed by atoms with Crippen LogP contribution in [0.5, 0.6) is 0 Å². The zero-order valence-corrected chi connectivity index (χ0v) is 12.8. The summed E-state index contributed by atoms with van der Waals surface area (Å²) in [4.78, 5) is 4.37. The number of hydrogen-bond donors (Lipinski definition) is 1. The molecule has 6 nitrogen and oxygen atoms in total. The van der Waals surface area contributed by atoms with Crippen LogP contribution in [0.25, 0.3) is 0 Å². The molecule has 6 heteroatoms. The van der Waals surface area contributed by atoms with E-state index in [1.807, 2.05) is 13.2 Å². The molecule has 0 aliphatic rings. The van der Waals surface area contributed by atoms with E-state index in [0.29, 0.717) is 11.7 Å². The normalized spacial score (nSPS) is 13.7. The highest BCUT2D eigenvalue weighted by atomic mass is 16.5. The fourth-order valence-corrected chi connectivity index (χ4v) is 2.17. The van der Waals surface area contributed by atoms with Gasteiger partial charge in [-0.3, -0.25) is 4.68 Å². The van der Waals surface area contributed by atoms with Crippen LogP contribution in [0.3, 0.4) is 0 Å². The smallest absolute Gasteiger partial charge is 0.226 e. The maximum Gasteiger partial charge on any atom is 0.226 e. The maximum atomic E-state index is 6.30. The Morgan fingerprint density at radius 2 is 2.10 bits per heavy atom. The van der Waals surface area contributed by atoms with Gasteiger partial charge in [-0.25, -0.2) is 0 Å². The van der Waals surface area contributed by atoms with Crippen molar-refractivity contribution in [1.29, 1.82) is 0 Å². The molecule has 0 aliphatic carbocycles. The number of rotatable bonds is 4. The fourth-order valence-electron chi connectivity index (χ4n) is 2.17. The van der Waals surface area contributed by atoms with Crippen molar-refractivity contribution in [2.75, 3.05) is 0 Å². The largest absolute Gasteiger partial charge is 0.339 e. The van der Waals surface area contributed by atoms with E-state index in [1.54, 1.807) is 4.68 Å². The van der Waals surface area contributed by atoms with Crippen molar-refractivity contribution in [2.24, 2.45) is 12.8 Å². The predicted octanol–water partition coefficient (Wildman–Crippen LogP) is 2.10. The third-order valence-electron chi connectivity index (χ3n) is 3.13. The fraction of sp³-hybridized carbons (Fsp3) is 0.643. The summed E-state index contributed by atoms with van der Waals surface area (Å²) in [7, 11) is 1.89. The molecule has 110 valence electrons. The highest BCUT2D eigenvalue weighted by Crippen LogP contribution is 2.29. The molecule has 1 atom stereocenters. The van der Waals surface area contributed by atoms with Gasteiger partial charge in [0, 0.05) is 30.6 Å². The van der Waals surface area contributed by atoms with Gasteiger partial charge >= 0.3 is 0 Å². The van der Waals surface area contributed by atoms with Crippen molar-refractivity contribution in [3.05, 3.63) is 29.2 Å². The van der Waals surface area contributed by atoms with Gasteiger partial charge in [0.2, 0.25) is 5.89 Å². The second-order valence-corrected chi connectivity index (χ2v) is 6.13. The monoisotopic (exact) mass is 277 g/mol. The van der Waals surface area contributed by atoms with Crippen molar-refractivity contribution >= 4 is 0 Å². The Morgan fingerprint density at radius 1 is 1.40 bits per heavy atom. The van der Waals surface area contributed by atoms with Crippen molar-refractivity contribution in [1.82, 2.24) is 19.9 Å². The van der Waals surface area contributed by atoms with Crippen molar-refractivity contribution < 1.29 is 4.52 Å². The van der Waals surface area contributed by atoms with Crippen molar-refractivity contribution in [3.63, 3.8) is 0 Å². The maximum absolute atomic E-state index is 6.30. The molecule has 20 heavy (non-hydrogen) atoms. The minimum atomic E-state index is -0.410. The summed E-state index contributed by atoms with van der Waals surface area (Å²) in [6.45, 7) is 8.42. The zero-order valence-electron chi connectivity index (χ0n) is 12.8. The summed E-state index contributed by atoms with van der Waals surface area (Å²) in [6.07, 6.45) is 3.68. The molecule has 0 saturated heterocycles. The Bertz CT molecular complexity index is 579. The Balaban J connectivity index is 2.35. The van der Waals surface area contributed by atoms with E-state index >= 15 is 0 Å². The third-order valence-corrected chi connectivity index (χ3v) is 3.13. The first-order valence-corrected chi connectivity index (χ1v) is 6.95. The summed E-state index contributed by atoms with van der Waals surface area (Å²) in [5.74, 6) is 1.16. The molecule has 0 aromatic carbocycles. The lowest BCUT2D eigenvalue weighted by atomic mass is 9.87. The lowest BCUT2D eigenvalue weighted by molar-refractivity contribution is 0.370. The SMILES string of the molecule is CCCc1nc(C(N)c2cn(C)nc2C(C)(C)C)no1. The molecule has 0 saturated carbocycles. The van der Waals surface area contributed by atoms with Gasteiger partial charge in [-0.1, -0.05) is 32.9 Å². The van der Waals surface area contributed by atoms with Crippen LogP contribution in [0.15, 0.2) is 10.7 Å². The van der Waals surface area contributed by atoms with Crippen LogP contribution in [-0.2, 0) is 18.9 Å². The van der Waals surface area contributed by atoms with Crippen LogP contribution < -0.4 is 5.73 Å². The molecule has 1 unspecified atom stereocenters. The number of nitrogens with two attached hydrogens (primary N) is 1. The van der Waals surface area contributed by atoms with Gasteiger partial charge in [-0.05, 0) is 6.42 Å². The second-order valence-electron chi connectivity index (χ2n) is 6.13. The van der Waals surface area contributed by atoms with Gasteiger partial charge in [0.05, 0.1) is 11.7 Å². The molecular weight excluding hydrogens is 254 g/mol. The second kappa shape index (κ2) is 5.36. The number of aryl methyl sites for hydroxylation is 2. The van der Waals surface area contributed by atoms with Crippen LogP contribution in [0.4, 0.5) is 0 Å². The topological polar surface area (TPSA) is 82.8 Å². The van der Waals surface area contributed by atoms with Gasteiger partial charge in [0.15, 0.2) is 5.82 Å². The molecule has 2 aromatic heterocycles. The Labute approximate surface area is 119 Å². The molecule has 2 heterocycles. The average molecular weight is 277 g/mol. The average Bonchev–Trinajstić information content (AvgIpc) is 2.94. The molecule has 0 fully saturated rings. The van der Waals surface area contributed by atoms with Crippen LogP contribution >= 0.6 is 0 Å². The van der Waals surface area contributed by atoms with Gasteiger partial charge in [0.25, 0.3) is 0 Å². The molecule has 0 radical (unpaired) electrons. The van der Waals surface area contributed by atoms with Crippen LogP contribution in [0.1, 0.15) is 63.1 Å². The number of hydrogen-bond acceptors (Lipinski definition) is 5. The van der Waals surface area contributed by atoms with Crippen LogP contribution in [0.2, 0.25) is 0 Å². The number of aromatic nitrogens is 4. The first-order valence-electron chi connectivity index (χ1n) is 6.95. The summed E-state index contributed by atoms with van der Waals surface area (Å²) in [6, 6.07) is -0.410. The highest BCUT2D eigenvalue weighted by Gasteiger charge is 2.27. The zero-order chi connectivity index (χ0) is 14.9. The van der Waals surface area contributed by atoms with Gasteiger partial charge < -0.3 is 10.3 Å². The van der Waals surface area contributed by atoms with Gasteiger partial charge in [0.1, 0.15) is 0 Å². The molecule has 2 N–H and O–H groups in total. The first kappa shape index (κ1) is 14.7. The minimum Gasteiger partial charge on any atom is -0.339 e. The van der Waals surface area contributed by atoms with E-state index in [9.17, 15) is 0 Å². The van der Waals surface area contributed by atoms with E-state index in [-0.39, 0.29) is 5.41 Å². The van der Waals surface area contributed by atoms with Crippen LogP contribution in [0, 0.1) is 0 Å². The Hall–Kier alpha value is -1.69. The third kappa shape index (κ3) is 2.90. The quantitative estimate of drug-likeness (QED) is 0.925. The molecular formula is C14H23N5O. The Kier molecular flexibility index (Phi) is 3.94. The first-order chi connectivity index (χ1) is 9.32. The van der Waals surface area contributed by atoms with E-state index in [1.165, 1.54) is 0 Å². The van der Waals surface area contributed by atoms with E-state index < -0.39 is 6.04 Å². The molecule has 2 rings (SSSR count). The minimum absolute atomic E-state index is 0.0792. The summed E-state index contributed by atoms with van der Waals surface area (Å²) >= 11 is 0. The van der Waals surface area contributed by atoms with E-state index in [0.717, 1.165) is 24.1 Å². The predicted molar refractivity (Wildman–Crippen MR) is 76.2 cm³/mol. The lowest BCUT2D eigenvalue weighted by Gasteiger charge is -2.19. The highest BCUT2D eigenvalue weighted by molar-refractivity contribution is 5.30. The Morgan fingerprint density at radius 3 is 2.70 bits per heavy atom. The molecule has 2 aromatic rings. The van der Waals surface area contributed by atoms with Crippen LogP contribution in [-0.4, -0.2) is 19.9 Å². The molecule has 0 aliphatic heterocycles. The lowest BCUT2D eigenvalue weighted by Crippen LogP contribution is -2.21. The molecule has 0 bridgehead atoms. The van der Waals surface area contributed by atoms with Gasteiger partial charge in [-0.15, -0.1) is 0 Å². The van der Waals surface area contributed by atoms with E-state index in [4.69, 9.17) is 10.3 Å². The molecule has 0 amide bonds. The summed E-state index contributed by atoms with van der Waals surface area (Å²) in [5.41, 5.74) is 8.13. The van der Waals surface area contributed by atoms with Gasteiger partial charge in [-0.2, -0.15) is 10.1 Å². The summed E-state index contributed by atoms with van der Waals surface area (Å²) in [5, 5.41) is 8.52. The van der Waals surface area contributed by atoms with E-state index in [2.05, 4.69) is 42.9 Å². The number of nitrogens with zero attached hydrogens (tertiary/aromatic N) is 4. The molecule has 0 spiro atoms. The van der Waals surface area contributed by atoms with Crippen molar-refractivity contribution in [3.8, 4) is 0 Å².